The van der Waals surface area contributed by atoms with Crippen LogP contribution < -0.4 is 5.32 Å². The van der Waals surface area contributed by atoms with Gasteiger partial charge < -0.3 is 15.2 Å². The largest absolute Gasteiger partial charge is 0.388 e. The predicted molar refractivity (Wildman–Crippen MR) is 50.7 cm³/mol. The van der Waals surface area contributed by atoms with Gasteiger partial charge in [-0.15, -0.1) is 0 Å². The van der Waals surface area contributed by atoms with E-state index in [1.165, 1.54) is 0 Å². The lowest BCUT2D eigenvalue weighted by molar-refractivity contribution is 0.125. The van der Waals surface area contributed by atoms with Crippen LogP contribution in [0, 0.1) is 0 Å². The summed E-state index contributed by atoms with van der Waals surface area (Å²) in [5, 5.41) is 12.7. The minimum Gasteiger partial charge on any atom is -0.388 e. The van der Waals surface area contributed by atoms with Crippen molar-refractivity contribution >= 4 is 5.69 Å². The molecule has 0 unspecified atom stereocenters. The van der Waals surface area contributed by atoms with Crippen molar-refractivity contribution in [3.63, 3.8) is 0 Å². The van der Waals surface area contributed by atoms with E-state index in [1.54, 1.807) is 0 Å². The second-order valence-corrected chi connectivity index (χ2v) is 3.22. The van der Waals surface area contributed by atoms with Crippen molar-refractivity contribution < 1.29 is 9.84 Å². The molecule has 0 spiro atoms. The molecule has 13 heavy (non-hydrogen) atoms. The minimum atomic E-state index is -0.389. The molecule has 3 nitrogen and oxygen atoms in total. The molecule has 1 aromatic carbocycles. The van der Waals surface area contributed by atoms with Crippen LogP contribution in [0.4, 0.5) is 5.69 Å². The number of nitrogens with one attached hydrogen (secondary N) is 1. The standard InChI is InChI=1S/C10H13NO2/c12-10-7-13-6-9(10)11-8-4-2-1-3-5-8/h1-5,9-12H,6-7H2/t9-,10+/m0/s1. The first-order valence-electron chi connectivity index (χ1n) is 4.43. The molecule has 1 saturated heterocycles. The maximum atomic E-state index is 9.46. The summed E-state index contributed by atoms with van der Waals surface area (Å²) < 4.78 is 5.13. The average molecular weight is 179 g/mol. The van der Waals surface area contributed by atoms with Crippen molar-refractivity contribution in [2.75, 3.05) is 18.5 Å². The topological polar surface area (TPSA) is 41.5 Å². The van der Waals surface area contributed by atoms with Crippen LogP contribution >= 0.6 is 0 Å². The Balaban J connectivity index is 1.98. The van der Waals surface area contributed by atoms with E-state index in [2.05, 4.69) is 5.32 Å². The maximum Gasteiger partial charge on any atom is 0.0996 e. The number of hydrogen-bond acceptors (Lipinski definition) is 3. The van der Waals surface area contributed by atoms with Gasteiger partial charge in [0.2, 0.25) is 0 Å². The fourth-order valence-electron chi connectivity index (χ4n) is 1.43. The van der Waals surface area contributed by atoms with Gasteiger partial charge in [-0.3, -0.25) is 0 Å². The fourth-order valence-corrected chi connectivity index (χ4v) is 1.43. The Kier molecular flexibility index (Phi) is 2.47. The molecule has 2 rings (SSSR count). The molecule has 2 atom stereocenters. The summed E-state index contributed by atoms with van der Waals surface area (Å²) in [6, 6.07) is 9.88. The quantitative estimate of drug-likeness (QED) is 0.707. The maximum absolute atomic E-state index is 9.46. The molecule has 1 heterocycles. The zero-order valence-corrected chi connectivity index (χ0v) is 7.31. The van der Waals surface area contributed by atoms with E-state index in [4.69, 9.17) is 4.74 Å². The summed E-state index contributed by atoms with van der Waals surface area (Å²) in [7, 11) is 0. The number of benzene rings is 1. The fraction of sp³-hybridized carbons (Fsp3) is 0.400. The summed E-state index contributed by atoms with van der Waals surface area (Å²) in [4.78, 5) is 0. The molecule has 1 fully saturated rings. The molecule has 1 aliphatic rings. The van der Waals surface area contributed by atoms with Crippen LogP contribution in [-0.4, -0.2) is 30.5 Å². The smallest absolute Gasteiger partial charge is 0.0996 e. The molecule has 0 radical (unpaired) electrons. The highest BCUT2D eigenvalue weighted by atomic mass is 16.5. The molecular weight excluding hydrogens is 166 g/mol. The van der Waals surface area contributed by atoms with E-state index in [9.17, 15) is 5.11 Å². The molecule has 0 aromatic heterocycles. The third kappa shape index (κ3) is 1.99. The molecule has 1 aromatic rings. The summed E-state index contributed by atoms with van der Waals surface area (Å²) in [6.45, 7) is 1.01. The lowest BCUT2D eigenvalue weighted by Gasteiger charge is -2.15. The van der Waals surface area contributed by atoms with E-state index >= 15 is 0 Å². The van der Waals surface area contributed by atoms with E-state index in [-0.39, 0.29) is 12.1 Å². The monoisotopic (exact) mass is 179 g/mol. The van der Waals surface area contributed by atoms with Crippen LogP contribution in [0.3, 0.4) is 0 Å². The van der Waals surface area contributed by atoms with Gasteiger partial charge in [0, 0.05) is 5.69 Å². The van der Waals surface area contributed by atoms with E-state index in [0.29, 0.717) is 13.2 Å². The van der Waals surface area contributed by atoms with Crippen LogP contribution in [0.2, 0.25) is 0 Å². The number of anilines is 1. The highest BCUT2D eigenvalue weighted by Gasteiger charge is 2.25. The van der Waals surface area contributed by atoms with Crippen molar-refractivity contribution in [2.45, 2.75) is 12.1 Å². The van der Waals surface area contributed by atoms with Crippen molar-refractivity contribution in [3.05, 3.63) is 30.3 Å². The van der Waals surface area contributed by atoms with Crippen molar-refractivity contribution in [1.29, 1.82) is 0 Å². The van der Waals surface area contributed by atoms with Gasteiger partial charge in [0.25, 0.3) is 0 Å². The molecule has 3 heteroatoms. The van der Waals surface area contributed by atoms with E-state index < -0.39 is 0 Å². The Morgan fingerprint density at radius 3 is 2.62 bits per heavy atom. The van der Waals surface area contributed by atoms with E-state index in [1.807, 2.05) is 30.3 Å². The van der Waals surface area contributed by atoms with Gasteiger partial charge in [0.05, 0.1) is 25.4 Å². The highest BCUT2D eigenvalue weighted by Crippen LogP contribution is 2.13. The van der Waals surface area contributed by atoms with Gasteiger partial charge in [-0.1, -0.05) is 18.2 Å². The first kappa shape index (κ1) is 8.53. The lowest BCUT2D eigenvalue weighted by Crippen LogP contribution is -2.31. The SMILES string of the molecule is O[C@@H]1COC[C@@H]1Nc1ccccc1. The van der Waals surface area contributed by atoms with Gasteiger partial charge in [-0.05, 0) is 12.1 Å². The summed E-state index contributed by atoms with van der Waals surface area (Å²) in [5.41, 5.74) is 1.03. The average Bonchev–Trinajstić information content (AvgIpc) is 2.54. The van der Waals surface area contributed by atoms with Crippen molar-refractivity contribution in [1.82, 2.24) is 0 Å². The third-order valence-electron chi connectivity index (χ3n) is 2.18. The number of aliphatic hydroxyl groups is 1. The molecular formula is C10H13NO2. The summed E-state index contributed by atoms with van der Waals surface area (Å²) in [5.74, 6) is 0. The Bertz CT molecular complexity index is 263. The summed E-state index contributed by atoms with van der Waals surface area (Å²) in [6.07, 6.45) is -0.389. The molecule has 1 aliphatic heterocycles. The van der Waals surface area contributed by atoms with Crippen LogP contribution in [0.25, 0.3) is 0 Å². The number of para-hydroxylation sites is 1. The Hall–Kier alpha value is -1.06. The Morgan fingerprint density at radius 1 is 1.23 bits per heavy atom. The molecule has 0 saturated carbocycles. The number of aliphatic hydroxyl groups excluding tert-OH is 1. The first-order valence-corrected chi connectivity index (χ1v) is 4.43. The number of rotatable bonds is 2. The number of ether oxygens (including phenoxy) is 1. The summed E-state index contributed by atoms with van der Waals surface area (Å²) >= 11 is 0. The molecule has 70 valence electrons. The van der Waals surface area contributed by atoms with Gasteiger partial charge in [-0.25, -0.2) is 0 Å². The van der Waals surface area contributed by atoms with Crippen LogP contribution in [0.15, 0.2) is 30.3 Å². The molecule has 2 N–H and O–H groups in total. The second kappa shape index (κ2) is 3.77. The molecule has 0 aliphatic carbocycles. The zero-order valence-electron chi connectivity index (χ0n) is 7.31. The van der Waals surface area contributed by atoms with Gasteiger partial charge in [-0.2, -0.15) is 0 Å². The lowest BCUT2D eigenvalue weighted by atomic mass is 10.2. The molecule has 0 amide bonds. The first-order chi connectivity index (χ1) is 6.36. The van der Waals surface area contributed by atoms with Gasteiger partial charge in [0.15, 0.2) is 0 Å². The van der Waals surface area contributed by atoms with Crippen molar-refractivity contribution in [3.8, 4) is 0 Å². The minimum absolute atomic E-state index is 0.0300. The van der Waals surface area contributed by atoms with Crippen LogP contribution in [-0.2, 0) is 4.74 Å². The zero-order chi connectivity index (χ0) is 9.10. The number of hydrogen-bond donors (Lipinski definition) is 2. The molecule has 0 bridgehead atoms. The van der Waals surface area contributed by atoms with Gasteiger partial charge >= 0.3 is 0 Å². The third-order valence-corrected chi connectivity index (χ3v) is 2.18. The Morgan fingerprint density at radius 2 is 2.00 bits per heavy atom. The van der Waals surface area contributed by atoms with Crippen LogP contribution in [0.1, 0.15) is 0 Å². The second-order valence-electron chi connectivity index (χ2n) is 3.22. The normalized spacial score (nSPS) is 27.5. The van der Waals surface area contributed by atoms with Crippen LogP contribution in [0.5, 0.6) is 0 Å². The van der Waals surface area contributed by atoms with Gasteiger partial charge in [0.1, 0.15) is 0 Å². The van der Waals surface area contributed by atoms with E-state index in [0.717, 1.165) is 5.69 Å². The van der Waals surface area contributed by atoms with Crippen molar-refractivity contribution in [2.24, 2.45) is 0 Å². The predicted octanol–water partition coefficient (Wildman–Crippen LogP) is 0.858. The highest BCUT2D eigenvalue weighted by molar-refractivity contribution is 5.43. The Labute approximate surface area is 77.3 Å².